The first-order valence-corrected chi connectivity index (χ1v) is 10.1. The van der Waals surface area contributed by atoms with Gasteiger partial charge in [-0.2, -0.15) is 0 Å². The van der Waals surface area contributed by atoms with Crippen molar-refractivity contribution in [3.63, 3.8) is 0 Å². The number of nitrogens with one attached hydrogen (secondary N) is 1. The molecular formula is C23H29N3O4. The van der Waals surface area contributed by atoms with Crippen molar-refractivity contribution in [3.8, 4) is 11.5 Å². The number of ether oxygens (including phenoxy) is 2. The second-order valence-corrected chi connectivity index (χ2v) is 7.56. The first kappa shape index (κ1) is 21.6. The van der Waals surface area contributed by atoms with Crippen molar-refractivity contribution >= 4 is 17.5 Å². The molecule has 1 N–H and O–H groups in total. The van der Waals surface area contributed by atoms with E-state index in [0.717, 1.165) is 28.1 Å². The van der Waals surface area contributed by atoms with Gasteiger partial charge in [-0.05, 0) is 62.7 Å². The number of hydrogen-bond donors (Lipinski definition) is 1. The molecule has 7 heteroatoms. The Morgan fingerprint density at radius 3 is 2.60 bits per heavy atom. The van der Waals surface area contributed by atoms with E-state index < -0.39 is 0 Å². The fourth-order valence-corrected chi connectivity index (χ4v) is 3.34. The Bertz CT molecular complexity index is 929. The number of aryl methyl sites for hydroxylation is 1. The van der Waals surface area contributed by atoms with E-state index in [0.29, 0.717) is 18.8 Å². The first-order chi connectivity index (χ1) is 14.4. The molecule has 2 aromatic rings. The zero-order chi connectivity index (χ0) is 21.7. The van der Waals surface area contributed by atoms with Crippen LogP contribution in [0.3, 0.4) is 0 Å². The smallest absolute Gasteiger partial charge is 0.238 e. The second-order valence-electron chi connectivity index (χ2n) is 7.56. The maximum absolute atomic E-state index is 12.8. The highest BCUT2D eigenvalue weighted by molar-refractivity contribution is 5.93. The Labute approximate surface area is 177 Å². The number of fused-ring (bicyclic) bond motifs is 1. The molecular weight excluding hydrogens is 382 g/mol. The van der Waals surface area contributed by atoms with Crippen LogP contribution in [0, 0.1) is 13.8 Å². The van der Waals surface area contributed by atoms with Gasteiger partial charge in [-0.15, -0.1) is 0 Å². The molecule has 2 aromatic carbocycles. The first-order valence-electron chi connectivity index (χ1n) is 10.1. The van der Waals surface area contributed by atoms with Gasteiger partial charge in [-0.3, -0.25) is 14.5 Å². The molecule has 0 aliphatic carbocycles. The van der Waals surface area contributed by atoms with Crippen LogP contribution in [-0.4, -0.2) is 55.1 Å². The molecule has 1 heterocycles. The molecule has 0 aromatic heterocycles. The Morgan fingerprint density at radius 1 is 1.07 bits per heavy atom. The van der Waals surface area contributed by atoms with E-state index in [4.69, 9.17) is 9.47 Å². The van der Waals surface area contributed by atoms with Gasteiger partial charge in [0, 0.05) is 18.8 Å². The fourth-order valence-electron chi connectivity index (χ4n) is 3.34. The number of carbonyl (C=O) groups is 2. The molecule has 0 bridgehead atoms. The summed E-state index contributed by atoms with van der Waals surface area (Å²) in [6.45, 7) is 7.52. The number of hydrogen-bond acceptors (Lipinski definition) is 5. The van der Waals surface area contributed by atoms with Gasteiger partial charge in [-0.1, -0.05) is 18.2 Å². The number of likely N-dealkylation sites (N-methyl/N-ethyl adjacent to an activating group) is 2. The molecule has 1 aliphatic rings. The van der Waals surface area contributed by atoms with Gasteiger partial charge >= 0.3 is 0 Å². The van der Waals surface area contributed by atoms with E-state index >= 15 is 0 Å². The number of carbonyl (C=O) groups excluding carboxylic acids is 2. The molecule has 0 radical (unpaired) electrons. The zero-order valence-electron chi connectivity index (χ0n) is 18.0. The number of amides is 2. The summed E-state index contributed by atoms with van der Waals surface area (Å²) in [6, 6.07) is 11.5. The fraction of sp³-hybridized carbons (Fsp3) is 0.391. The van der Waals surface area contributed by atoms with Crippen molar-refractivity contribution in [3.05, 3.63) is 53.1 Å². The lowest BCUT2D eigenvalue weighted by Gasteiger charge is -2.24. The molecule has 0 saturated carbocycles. The maximum atomic E-state index is 12.8. The van der Waals surface area contributed by atoms with Crippen LogP contribution in [0.25, 0.3) is 0 Å². The molecule has 0 saturated heterocycles. The van der Waals surface area contributed by atoms with E-state index in [2.05, 4.69) is 5.32 Å². The van der Waals surface area contributed by atoms with Crippen LogP contribution in [0.15, 0.2) is 36.4 Å². The monoisotopic (exact) mass is 411 g/mol. The van der Waals surface area contributed by atoms with Gasteiger partial charge in [0.2, 0.25) is 18.6 Å². The van der Waals surface area contributed by atoms with Gasteiger partial charge in [0.1, 0.15) is 0 Å². The topological polar surface area (TPSA) is 71.1 Å². The Kier molecular flexibility index (Phi) is 6.95. The molecule has 0 unspecified atom stereocenters. The predicted octanol–water partition coefficient (Wildman–Crippen LogP) is 2.95. The van der Waals surface area contributed by atoms with Crippen molar-refractivity contribution < 1.29 is 19.1 Å². The van der Waals surface area contributed by atoms with Crippen LogP contribution < -0.4 is 14.8 Å². The van der Waals surface area contributed by atoms with E-state index in [1.807, 2.05) is 57.2 Å². The largest absolute Gasteiger partial charge is 0.454 e. The van der Waals surface area contributed by atoms with Crippen molar-refractivity contribution in [1.29, 1.82) is 0 Å². The Morgan fingerprint density at radius 2 is 1.83 bits per heavy atom. The lowest BCUT2D eigenvalue weighted by molar-refractivity contribution is -0.132. The normalized spacial score (nSPS) is 12.2. The van der Waals surface area contributed by atoms with Crippen LogP contribution in [0.4, 0.5) is 5.69 Å². The van der Waals surface area contributed by atoms with E-state index in [9.17, 15) is 9.59 Å². The van der Waals surface area contributed by atoms with Gasteiger partial charge in [0.25, 0.3) is 0 Å². The van der Waals surface area contributed by atoms with Crippen LogP contribution in [0.1, 0.15) is 23.6 Å². The molecule has 7 nitrogen and oxygen atoms in total. The quantitative estimate of drug-likeness (QED) is 0.723. The summed E-state index contributed by atoms with van der Waals surface area (Å²) in [5.41, 5.74) is 3.95. The number of rotatable bonds is 8. The second kappa shape index (κ2) is 9.63. The average molecular weight is 412 g/mol. The number of nitrogens with zero attached hydrogens (tertiary/aromatic N) is 2. The molecule has 30 heavy (non-hydrogen) atoms. The summed E-state index contributed by atoms with van der Waals surface area (Å²) in [6.07, 6.45) is 0. The summed E-state index contributed by atoms with van der Waals surface area (Å²) in [4.78, 5) is 28.6. The van der Waals surface area contributed by atoms with Gasteiger partial charge in [-0.25, -0.2) is 0 Å². The van der Waals surface area contributed by atoms with Crippen LogP contribution >= 0.6 is 0 Å². The third-order valence-corrected chi connectivity index (χ3v) is 5.24. The summed E-state index contributed by atoms with van der Waals surface area (Å²) >= 11 is 0. The highest BCUT2D eigenvalue weighted by Crippen LogP contribution is 2.32. The van der Waals surface area contributed by atoms with Crippen molar-refractivity contribution in [2.45, 2.75) is 27.3 Å². The number of benzene rings is 2. The minimum atomic E-state index is -0.141. The van der Waals surface area contributed by atoms with Crippen LogP contribution in [0.2, 0.25) is 0 Å². The SMILES string of the molecule is CCN(Cc1ccc2c(c1)OCO2)C(=O)CN(C)CC(=O)Nc1cccc(C)c1C. The highest BCUT2D eigenvalue weighted by Gasteiger charge is 2.19. The minimum Gasteiger partial charge on any atom is -0.454 e. The molecule has 0 spiro atoms. The Hall–Kier alpha value is -3.06. The van der Waals surface area contributed by atoms with Crippen molar-refractivity contribution in [1.82, 2.24) is 9.80 Å². The Balaban J connectivity index is 1.53. The molecule has 1 aliphatic heterocycles. The lowest BCUT2D eigenvalue weighted by Crippen LogP contribution is -2.41. The molecule has 0 atom stereocenters. The summed E-state index contributed by atoms with van der Waals surface area (Å²) in [5.74, 6) is 1.26. The third kappa shape index (κ3) is 5.30. The highest BCUT2D eigenvalue weighted by atomic mass is 16.7. The standard InChI is InChI=1S/C23H29N3O4/c1-5-26(12-18-9-10-20-21(11-18)30-15-29-20)23(28)14-25(4)13-22(27)24-19-8-6-7-16(2)17(19)3/h6-11H,5,12-15H2,1-4H3,(H,24,27). The van der Waals surface area contributed by atoms with E-state index in [-0.39, 0.29) is 31.7 Å². The van der Waals surface area contributed by atoms with Crippen molar-refractivity contribution in [2.75, 3.05) is 38.8 Å². The van der Waals surface area contributed by atoms with Gasteiger partial charge < -0.3 is 19.7 Å². The minimum absolute atomic E-state index is 0.0304. The molecule has 3 rings (SSSR count). The summed E-state index contributed by atoms with van der Waals surface area (Å²) in [7, 11) is 1.77. The maximum Gasteiger partial charge on any atom is 0.238 e. The van der Waals surface area contributed by atoms with Gasteiger partial charge in [0.15, 0.2) is 11.5 Å². The summed E-state index contributed by atoms with van der Waals surface area (Å²) in [5, 5.41) is 2.93. The zero-order valence-corrected chi connectivity index (χ0v) is 18.0. The molecule has 160 valence electrons. The summed E-state index contributed by atoms with van der Waals surface area (Å²) < 4.78 is 10.7. The van der Waals surface area contributed by atoms with Crippen LogP contribution in [-0.2, 0) is 16.1 Å². The third-order valence-electron chi connectivity index (χ3n) is 5.24. The van der Waals surface area contributed by atoms with Crippen LogP contribution in [0.5, 0.6) is 11.5 Å². The molecule has 0 fully saturated rings. The van der Waals surface area contributed by atoms with Gasteiger partial charge in [0.05, 0.1) is 13.1 Å². The molecule has 2 amide bonds. The number of anilines is 1. The van der Waals surface area contributed by atoms with E-state index in [1.165, 1.54) is 0 Å². The predicted molar refractivity (Wildman–Crippen MR) is 116 cm³/mol. The average Bonchev–Trinajstić information content (AvgIpc) is 3.17. The lowest BCUT2D eigenvalue weighted by atomic mass is 10.1. The van der Waals surface area contributed by atoms with E-state index in [1.54, 1.807) is 16.8 Å². The van der Waals surface area contributed by atoms with Crippen molar-refractivity contribution in [2.24, 2.45) is 0 Å².